The fourth-order valence-corrected chi connectivity index (χ4v) is 4.18. The highest BCUT2D eigenvalue weighted by atomic mass is 32.2. The van der Waals surface area contributed by atoms with Crippen LogP contribution < -0.4 is 9.62 Å². The van der Waals surface area contributed by atoms with Gasteiger partial charge in [-0.1, -0.05) is 37.3 Å². The summed E-state index contributed by atoms with van der Waals surface area (Å²) < 4.78 is 52.7. The highest BCUT2D eigenvalue weighted by molar-refractivity contribution is 7.92. The van der Waals surface area contributed by atoms with Crippen LogP contribution >= 0.6 is 0 Å². The van der Waals surface area contributed by atoms with Crippen LogP contribution in [0.5, 0.6) is 0 Å². The molecule has 0 radical (unpaired) electrons. The van der Waals surface area contributed by atoms with Gasteiger partial charge in [0.25, 0.3) is 0 Å². The normalized spacial score (nSPS) is 12.3. The molecule has 10 heteroatoms. The molecular weight excluding hydrogens is 452 g/mol. The van der Waals surface area contributed by atoms with E-state index < -0.39 is 40.2 Å². The second-order valence-corrected chi connectivity index (χ2v) is 9.87. The third-order valence-corrected chi connectivity index (χ3v) is 6.02. The van der Waals surface area contributed by atoms with Crippen molar-refractivity contribution in [3.05, 3.63) is 65.7 Å². The Bertz CT molecular complexity index is 1080. The standard InChI is InChI=1S/C23H29F2N3O4S/c1-5-21(23(30)26-16(2)3)27(14-17-9-7-6-8-10-17)22(29)15-28(33(4,31)32)18-11-12-19(24)20(25)13-18/h6-13,16,21H,5,14-15H2,1-4H3,(H,26,30)/t21-/m1/s1. The summed E-state index contributed by atoms with van der Waals surface area (Å²) in [5.41, 5.74) is 0.560. The van der Waals surface area contributed by atoms with E-state index in [9.17, 15) is 26.8 Å². The first-order valence-electron chi connectivity index (χ1n) is 10.5. The second-order valence-electron chi connectivity index (χ2n) is 7.96. The van der Waals surface area contributed by atoms with Crippen LogP contribution in [-0.2, 0) is 26.2 Å². The third kappa shape index (κ3) is 7.24. The highest BCUT2D eigenvalue weighted by Gasteiger charge is 2.32. The summed E-state index contributed by atoms with van der Waals surface area (Å²) in [6.07, 6.45) is 1.16. The van der Waals surface area contributed by atoms with Crippen molar-refractivity contribution in [2.45, 2.75) is 45.8 Å². The molecule has 2 aromatic carbocycles. The Balaban J connectivity index is 2.43. The van der Waals surface area contributed by atoms with Crippen LogP contribution in [-0.4, -0.2) is 50.0 Å². The quantitative estimate of drug-likeness (QED) is 0.565. The number of amides is 2. The molecule has 0 aliphatic heterocycles. The lowest BCUT2D eigenvalue weighted by atomic mass is 10.1. The maximum absolute atomic E-state index is 13.8. The monoisotopic (exact) mass is 481 g/mol. The van der Waals surface area contributed by atoms with Gasteiger partial charge in [0, 0.05) is 18.7 Å². The van der Waals surface area contributed by atoms with Crippen molar-refractivity contribution >= 4 is 27.5 Å². The zero-order valence-electron chi connectivity index (χ0n) is 19.1. The minimum absolute atomic E-state index is 0.0685. The zero-order chi connectivity index (χ0) is 24.8. The van der Waals surface area contributed by atoms with Crippen LogP contribution in [0, 0.1) is 11.6 Å². The molecule has 0 aliphatic rings. The number of rotatable bonds is 10. The largest absolute Gasteiger partial charge is 0.352 e. The van der Waals surface area contributed by atoms with E-state index in [0.717, 1.165) is 24.0 Å². The second kappa shape index (κ2) is 11.2. The minimum Gasteiger partial charge on any atom is -0.352 e. The Hall–Kier alpha value is -3.01. The Labute approximate surface area is 193 Å². The average Bonchev–Trinajstić information content (AvgIpc) is 2.73. The molecule has 0 aromatic heterocycles. The van der Waals surface area contributed by atoms with Gasteiger partial charge in [0.1, 0.15) is 12.6 Å². The molecular formula is C23H29F2N3O4S. The lowest BCUT2D eigenvalue weighted by molar-refractivity contribution is -0.140. The van der Waals surface area contributed by atoms with Crippen molar-refractivity contribution < 1.29 is 26.8 Å². The number of nitrogens with zero attached hydrogens (tertiary/aromatic N) is 2. The van der Waals surface area contributed by atoms with Crippen LogP contribution in [0.3, 0.4) is 0 Å². The van der Waals surface area contributed by atoms with E-state index in [1.807, 2.05) is 6.07 Å². The van der Waals surface area contributed by atoms with Crippen molar-refractivity contribution in [3.8, 4) is 0 Å². The van der Waals surface area contributed by atoms with Crippen LogP contribution in [0.1, 0.15) is 32.8 Å². The smallest absolute Gasteiger partial charge is 0.244 e. The van der Waals surface area contributed by atoms with Crippen LogP contribution in [0.15, 0.2) is 48.5 Å². The number of carbonyl (C=O) groups excluding carboxylic acids is 2. The third-order valence-electron chi connectivity index (χ3n) is 4.88. The summed E-state index contributed by atoms with van der Waals surface area (Å²) >= 11 is 0. The van der Waals surface area contributed by atoms with Crippen molar-refractivity contribution in [1.82, 2.24) is 10.2 Å². The van der Waals surface area contributed by atoms with Gasteiger partial charge >= 0.3 is 0 Å². The molecule has 1 atom stereocenters. The number of sulfonamides is 1. The molecule has 0 fully saturated rings. The van der Waals surface area contributed by atoms with Crippen molar-refractivity contribution in [2.24, 2.45) is 0 Å². The van der Waals surface area contributed by atoms with E-state index in [0.29, 0.717) is 16.8 Å². The summed E-state index contributed by atoms with van der Waals surface area (Å²) in [5.74, 6) is -3.39. The molecule has 7 nitrogen and oxygen atoms in total. The molecule has 180 valence electrons. The van der Waals surface area contributed by atoms with Crippen LogP contribution in [0.25, 0.3) is 0 Å². The average molecular weight is 482 g/mol. The zero-order valence-corrected chi connectivity index (χ0v) is 19.9. The van der Waals surface area contributed by atoms with Crippen molar-refractivity contribution in [2.75, 3.05) is 17.1 Å². The number of hydrogen-bond donors (Lipinski definition) is 1. The molecule has 33 heavy (non-hydrogen) atoms. The maximum atomic E-state index is 13.8. The molecule has 2 aromatic rings. The molecule has 0 aliphatic carbocycles. The predicted molar refractivity (Wildman–Crippen MR) is 123 cm³/mol. The number of carbonyl (C=O) groups is 2. The van der Waals surface area contributed by atoms with Gasteiger partial charge in [-0.05, 0) is 38.0 Å². The topological polar surface area (TPSA) is 86.8 Å². The van der Waals surface area contributed by atoms with E-state index >= 15 is 0 Å². The fraction of sp³-hybridized carbons (Fsp3) is 0.391. The van der Waals surface area contributed by atoms with E-state index in [1.165, 1.54) is 4.90 Å². The Kier molecular flexibility index (Phi) is 8.92. The van der Waals surface area contributed by atoms with E-state index in [1.54, 1.807) is 45.0 Å². The first kappa shape index (κ1) is 26.2. The lowest BCUT2D eigenvalue weighted by Crippen LogP contribution is -2.53. The molecule has 2 amide bonds. The summed E-state index contributed by atoms with van der Waals surface area (Å²) in [4.78, 5) is 27.5. The van der Waals surface area contributed by atoms with Gasteiger partial charge in [-0.15, -0.1) is 0 Å². The van der Waals surface area contributed by atoms with E-state index in [4.69, 9.17) is 0 Å². The van der Waals surface area contributed by atoms with Gasteiger partial charge in [-0.2, -0.15) is 0 Å². The van der Waals surface area contributed by atoms with E-state index in [2.05, 4.69) is 5.32 Å². The van der Waals surface area contributed by atoms with Crippen molar-refractivity contribution in [3.63, 3.8) is 0 Å². The first-order valence-corrected chi connectivity index (χ1v) is 12.3. The molecule has 0 bridgehead atoms. The number of halogens is 2. The van der Waals surface area contributed by atoms with Crippen LogP contribution in [0.4, 0.5) is 14.5 Å². The summed E-state index contributed by atoms with van der Waals surface area (Å²) in [6, 6.07) is 10.5. The summed E-state index contributed by atoms with van der Waals surface area (Å²) in [6.45, 7) is 4.73. The summed E-state index contributed by atoms with van der Waals surface area (Å²) in [5, 5.41) is 2.79. The summed E-state index contributed by atoms with van der Waals surface area (Å²) in [7, 11) is -4.02. The number of benzene rings is 2. The number of hydrogen-bond acceptors (Lipinski definition) is 4. The van der Waals surface area contributed by atoms with Gasteiger partial charge < -0.3 is 10.2 Å². The van der Waals surface area contributed by atoms with Crippen molar-refractivity contribution in [1.29, 1.82) is 0 Å². The van der Waals surface area contributed by atoms with Gasteiger partial charge in [-0.25, -0.2) is 17.2 Å². The lowest BCUT2D eigenvalue weighted by Gasteiger charge is -2.33. The predicted octanol–water partition coefficient (Wildman–Crippen LogP) is 3.06. The molecule has 2 rings (SSSR count). The van der Waals surface area contributed by atoms with Gasteiger partial charge in [-0.3, -0.25) is 13.9 Å². The number of nitrogens with one attached hydrogen (secondary N) is 1. The Morgan fingerprint density at radius 1 is 1.03 bits per heavy atom. The fourth-order valence-electron chi connectivity index (χ4n) is 3.33. The molecule has 0 unspecified atom stereocenters. The van der Waals surface area contributed by atoms with Gasteiger partial charge in [0.05, 0.1) is 11.9 Å². The minimum atomic E-state index is -4.02. The first-order chi connectivity index (χ1) is 15.4. The Morgan fingerprint density at radius 3 is 2.18 bits per heavy atom. The maximum Gasteiger partial charge on any atom is 0.244 e. The number of anilines is 1. The Morgan fingerprint density at radius 2 is 1.67 bits per heavy atom. The molecule has 0 heterocycles. The molecule has 0 spiro atoms. The molecule has 1 N–H and O–H groups in total. The van der Waals surface area contributed by atoms with E-state index in [-0.39, 0.29) is 24.2 Å². The molecule has 0 saturated carbocycles. The van der Waals surface area contributed by atoms with Gasteiger partial charge in [0.15, 0.2) is 11.6 Å². The highest BCUT2D eigenvalue weighted by Crippen LogP contribution is 2.22. The molecule has 0 saturated heterocycles. The van der Waals surface area contributed by atoms with Crippen LogP contribution in [0.2, 0.25) is 0 Å². The van der Waals surface area contributed by atoms with Gasteiger partial charge in [0.2, 0.25) is 21.8 Å². The SMILES string of the molecule is CC[C@H](C(=O)NC(C)C)N(Cc1ccccc1)C(=O)CN(c1ccc(F)c(F)c1)S(C)(=O)=O.